The third-order valence-electron chi connectivity index (χ3n) is 5.85. The second kappa shape index (κ2) is 9.46. The van der Waals surface area contributed by atoms with Crippen molar-refractivity contribution in [1.82, 2.24) is 4.31 Å². The molecule has 0 radical (unpaired) electrons. The van der Waals surface area contributed by atoms with Gasteiger partial charge in [-0.05, 0) is 44.0 Å². The summed E-state index contributed by atoms with van der Waals surface area (Å²) in [6, 6.07) is 10.1. The van der Waals surface area contributed by atoms with Crippen molar-refractivity contribution in [3.63, 3.8) is 0 Å². The molecule has 34 heavy (non-hydrogen) atoms. The number of benzene rings is 2. The van der Waals surface area contributed by atoms with Crippen molar-refractivity contribution in [3.8, 4) is 11.5 Å². The molecule has 0 saturated carbocycles. The Labute approximate surface area is 195 Å². The third-order valence-corrected chi connectivity index (χ3v) is 7.76. The molecule has 0 aromatic heterocycles. The van der Waals surface area contributed by atoms with Crippen LogP contribution in [0.25, 0.3) is 0 Å². The highest BCUT2D eigenvalue weighted by molar-refractivity contribution is 7.89. The zero-order valence-corrected chi connectivity index (χ0v) is 19.2. The molecule has 11 heteroatoms. The SMILES string of the molecule is Cc1ccc(S(=O)(=O)N2CCC(C(=O)O[C@H](c3ccc4c(c3)OCCO4)C(F)(F)F)CC2)cc1. The topological polar surface area (TPSA) is 82.1 Å². The zero-order chi connectivity index (χ0) is 24.5. The van der Waals surface area contributed by atoms with E-state index in [-0.39, 0.29) is 48.7 Å². The molecule has 0 N–H and O–H groups in total. The van der Waals surface area contributed by atoms with E-state index in [1.54, 1.807) is 12.1 Å². The number of fused-ring (bicyclic) bond motifs is 1. The van der Waals surface area contributed by atoms with Gasteiger partial charge in [0, 0.05) is 18.7 Å². The maximum Gasteiger partial charge on any atom is 0.429 e. The predicted molar refractivity (Wildman–Crippen MR) is 115 cm³/mol. The monoisotopic (exact) mass is 499 g/mol. The van der Waals surface area contributed by atoms with Crippen molar-refractivity contribution in [2.75, 3.05) is 26.3 Å². The van der Waals surface area contributed by atoms with E-state index >= 15 is 0 Å². The van der Waals surface area contributed by atoms with Crippen molar-refractivity contribution < 1.29 is 40.6 Å². The minimum absolute atomic E-state index is 0.0106. The van der Waals surface area contributed by atoms with Crippen LogP contribution in [0.3, 0.4) is 0 Å². The van der Waals surface area contributed by atoms with Crippen LogP contribution in [-0.2, 0) is 19.6 Å². The van der Waals surface area contributed by atoms with Gasteiger partial charge >= 0.3 is 12.1 Å². The average Bonchev–Trinajstić information content (AvgIpc) is 2.81. The van der Waals surface area contributed by atoms with Crippen LogP contribution in [0, 0.1) is 12.8 Å². The smallest absolute Gasteiger partial charge is 0.429 e. The van der Waals surface area contributed by atoms with E-state index < -0.39 is 34.2 Å². The quantitative estimate of drug-likeness (QED) is 0.579. The highest BCUT2D eigenvalue weighted by atomic mass is 32.2. The summed E-state index contributed by atoms with van der Waals surface area (Å²) >= 11 is 0. The van der Waals surface area contributed by atoms with E-state index in [2.05, 4.69) is 0 Å². The first-order valence-electron chi connectivity index (χ1n) is 10.8. The van der Waals surface area contributed by atoms with E-state index in [1.165, 1.54) is 28.6 Å². The number of carbonyl (C=O) groups excluding carboxylic acids is 1. The van der Waals surface area contributed by atoms with Gasteiger partial charge in [0.05, 0.1) is 10.8 Å². The maximum atomic E-state index is 13.8. The zero-order valence-electron chi connectivity index (χ0n) is 18.4. The number of alkyl halides is 3. The number of aryl methyl sites for hydroxylation is 1. The third kappa shape index (κ3) is 5.15. The minimum atomic E-state index is -4.84. The highest BCUT2D eigenvalue weighted by Gasteiger charge is 2.46. The second-order valence-electron chi connectivity index (χ2n) is 8.25. The number of rotatable bonds is 5. The van der Waals surface area contributed by atoms with Crippen molar-refractivity contribution in [1.29, 1.82) is 0 Å². The lowest BCUT2D eigenvalue weighted by atomic mass is 9.98. The molecule has 2 aromatic rings. The first-order valence-corrected chi connectivity index (χ1v) is 12.2. The normalized spacial score (nSPS) is 18.4. The Morgan fingerprint density at radius 3 is 2.26 bits per heavy atom. The van der Waals surface area contributed by atoms with Crippen LogP contribution < -0.4 is 9.47 Å². The largest absolute Gasteiger partial charge is 0.486 e. The minimum Gasteiger partial charge on any atom is -0.486 e. The summed E-state index contributed by atoms with van der Waals surface area (Å²) in [5.41, 5.74) is 0.641. The summed E-state index contributed by atoms with van der Waals surface area (Å²) in [5.74, 6) is -1.37. The lowest BCUT2D eigenvalue weighted by Gasteiger charge is -2.31. The van der Waals surface area contributed by atoms with E-state index in [0.717, 1.165) is 11.6 Å². The van der Waals surface area contributed by atoms with Gasteiger partial charge in [-0.2, -0.15) is 17.5 Å². The molecule has 2 heterocycles. The maximum absolute atomic E-state index is 13.8. The molecule has 1 saturated heterocycles. The molecule has 0 amide bonds. The summed E-state index contributed by atoms with van der Waals surface area (Å²) in [5, 5.41) is 0. The van der Waals surface area contributed by atoms with Crippen LogP contribution in [0.15, 0.2) is 47.4 Å². The van der Waals surface area contributed by atoms with E-state index in [0.29, 0.717) is 12.4 Å². The van der Waals surface area contributed by atoms with Gasteiger partial charge in [0.2, 0.25) is 16.1 Å². The summed E-state index contributed by atoms with van der Waals surface area (Å²) in [7, 11) is -3.75. The molecular weight excluding hydrogens is 475 g/mol. The Kier molecular flexibility index (Phi) is 6.77. The standard InChI is InChI=1S/C23H24F3NO6S/c1-15-2-5-18(6-3-15)34(29,30)27-10-8-16(9-11-27)22(28)33-21(23(24,25)26)17-4-7-19-20(14-17)32-13-12-31-19/h2-7,14,16,21H,8-13H2,1H3/t21-/m1/s1. The second-order valence-corrected chi connectivity index (χ2v) is 10.2. The van der Waals surface area contributed by atoms with E-state index in [1.807, 2.05) is 6.92 Å². The van der Waals surface area contributed by atoms with Gasteiger partial charge in [-0.1, -0.05) is 23.8 Å². The molecule has 2 aliphatic rings. The Morgan fingerprint density at radius 1 is 1.03 bits per heavy atom. The van der Waals surface area contributed by atoms with E-state index in [4.69, 9.17) is 14.2 Å². The molecular formula is C23H24F3NO6S. The van der Waals surface area contributed by atoms with Gasteiger partial charge in [0.15, 0.2) is 11.5 Å². The number of ether oxygens (including phenoxy) is 3. The van der Waals surface area contributed by atoms with E-state index in [9.17, 15) is 26.4 Å². The first kappa shape index (κ1) is 24.3. The molecule has 4 rings (SSSR count). The Bertz CT molecular complexity index is 1140. The summed E-state index contributed by atoms with van der Waals surface area (Å²) in [6.07, 6.45) is -7.18. The first-order chi connectivity index (χ1) is 16.1. The fraction of sp³-hybridized carbons (Fsp3) is 0.435. The molecule has 2 aromatic carbocycles. The number of nitrogens with zero attached hydrogens (tertiary/aromatic N) is 1. The van der Waals surface area contributed by atoms with Gasteiger partial charge < -0.3 is 14.2 Å². The number of halogens is 3. The molecule has 0 unspecified atom stereocenters. The molecule has 2 aliphatic heterocycles. The van der Waals surface area contributed by atoms with Gasteiger partial charge in [0.1, 0.15) is 13.2 Å². The average molecular weight is 500 g/mol. The lowest BCUT2D eigenvalue weighted by molar-refractivity contribution is -0.226. The molecule has 1 fully saturated rings. The number of carbonyl (C=O) groups is 1. The summed E-state index contributed by atoms with van der Waals surface area (Å²) < 4.78 is 83.8. The molecule has 0 aliphatic carbocycles. The summed E-state index contributed by atoms with van der Waals surface area (Å²) in [4.78, 5) is 12.8. The number of piperidine rings is 1. The Morgan fingerprint density at radius 2 is 1.65 bits per heavy atom. The van der Waals surface area contributed by atoms with Crippen LogP contribution in [0.2, 0.25) is 0 Å². The van der Waals surface area contributed by atoms with Crippen LogP contribution in [0.5, 0.6) is 11.5 Å². The van der Waals surface area contributed by atoms with Crippen molar-refractivity contribution >= 4 is 16.0 Å². The van der Waals surface area contributed by atoms with Gasteiger partial charge in [-0.25, -0.2) is 8.42 Å². The predicted octanol–water partition coefficient (Wildman–Crippen LogP) is 4.01. The fourth-order valence-electron chi connectivity index (χ4n) is 3.95. The molecule has 184 valence electrons. The molecule has 0 bridgehead atoms. The number of hydrogen-bond acceptors (Lipinski definition) is 6. The number of sulfonamides is 1. The number of esters is 1. The molecule has 1 atom stereocenters. The molecule has 7 nitrogen and oxygen atoms in total. The Hall–Kier alpha value is -2.79. The number of hydrogen-bond donors (Lipinski definition) is 0. The Balaban J connectivity index is 1.43. The van der Waals surface area contributed by atoms with Crippen molar-refractivity contribution in [2.24, 2.45) is 5.92 Å². The van der Waals surface area contributed by atoms with Crippen LogP contribution in [0.4, 0.5) is 13.2 Å². The van der Waals surface area contributed by atoms with Crippen molar-refractivity contribution in [3.05, 3.63) is 53.6 Å². The van der Waals surface area contributed by atoms with Crippen LogP contribution in [-0.4, -0.2) is 51.2 Å². The highest BCUT2D eigenvalue weighted by Crippen LogP contribution is 2.41. The van der Waals surface area contributed by atoms with Gasteiger partial charge in [-0.3, -0.25) is 4.79 Å². The van der Waals surface area contributed by atoms with Gasteiger partial charge in [0.25, 0.3) is 0 Å². The summed E-state index contributed by atoms with van der Waals surface area (Å²) in [6.45, 7) is 2.36. The van der Waals surface area contributed by atoms with Crippen LogP contribution >= 0.6 is 0 Å². The fourth-order valence-corrected chi connectivity index (χ4v) is 5.42. The lowest BCUT2D eigenvalue weighted by Crippen LogP contribution is -2.41. The molecule has 0 spiro atoms. The van der Waals surface area contributed by atoms with Crippen molar-refractivity contribution in [2.45, 2.75) is 36.9 Å². The van der Waals surface area contributed by atoms with Crippen LogP contribution in [0.1, 0.15) is 30.1 Å². The van der Waals surface area contributed by atoms with Gasteiger partial charge in [-0.15, -0.1) is 0 Å².